The van der Waals surface area contributed by atoms with Gasteiger partial charge in [0.2, 0.25) is 0 Å². The second-order valence-corrected chi connectivity index (χ2v) is 5.00. The fourth-order valence-corrected chi connectivity index (χ4v) is 2.15. The molecule has 0 spiro atoms. The van der Waals surface area contributed by atoms with Gasteiger partial charge in [0.25, 0.3) is 0 Å². The molecule has 0 unspecified atom stereocenters. The van der Waals surface area contributed by atoms with Crippen molar-refractivity contribution >= 4 is 23.2 Å². The molecule has 2 aromatic carbocycles. The summed E-state index contributed by atoms with van der Waals surface area (Å²) in [5.74, 6) is 0. The van der Waals surface area contributed by atoms with Crippen LogP contribution in [0.1, 0.15) is 16.7 Å². The summed E-state index contributed by atoms with van der Waals surface area (Å²) in [6, 6.07) is 15.0. The normalized spacial score (nSPS) is 10.2. The number of nitrogens with one attached hydrogen (secondary N) is 1. The molecule has 0 saturated carbocycles. The van der Waals surface area contributed by atoms with Crippen LogP contribution in [-0.4, -0.2) is 0 Å². The molecule has 0 fully saturated rings. The molecule has 0 amide bonds. The lowest BCUT2D eigenvalue weighted by molar-refractivity contribution is 0.693. The van der Waals surface area contributed by atoms with Crippen molar-refractivity contribution in [2.75, 3.05) is 0 Å². The standard InChI is InChI=1S/C15H12Cl2N2/c16-14-4-5-15(17)13(7-14)10-19-9-12-3-1-2-11(6-12)8-18/h1-7,19H,9-10H2. The van der Waals surface area contributed by atoms with Crippen LogP contribution in [0.5, 0.6) is 0 Å². The number of hydrogen-bond acceptors (Lipinski definition) is 2. The molecule has 0 aliphatic rings. The monoisotopic (exact) mass is 290 g/mol. The van der Waals surface area contributed by atoms with Crippen molar-refractivity contribution < 1.29 is 0 Å². The number of hydrogen-bond donors (Lipinski definition) is 1. The Morgan fingerprint density at radius 1 is 1.05 bits per heavy atom. The van der Waals surface area contributed by atoms with Crippen molar-refractivity contribution in [2.45, 2.75) is 13.1 Å². The van der Waals surface area contributed by atoms with Gasteiger partial charge in [0.05, 0.1) is 11.6 Å². The van der Waals surface area contributed by atoms with Crippen molar-refractivity contribution in [2.24, 2.45) is 0 Å². The molecule has 96 valence electrons. The summed E-state index contributed by atoms with van der Waals surface area (Å²) < 4.78 is 0. The van der Waals surface area contributed by atoms with E-state index in [1.165, 1.54) is 0 Å². The largest absolute Gasteiger partial charge is 0.309 e. The molecule has 2 nitrogen and oxygen atoms in total. The predicted molar refractivity (Wildman–Crippen MR) is 78.2 cm³/mol. The Balaban J connectivity index is 1.96. The van der Waals surface area contributed by atoms with Crippen molar-refractivity contribution in [1.82, 2.24) is 5.32 Å². The van der Waals surface area contributed by atoms with Crippen molar-refractivity contribution in [3.8, 4) is 6.07 Å². The van der Waals surface area contributed by atoms with Gasteiger partial charge in [-0.15, -0.1) is 0 Å². The smallest absolute Gasteiger partial charge is 0.0991 e. The van der Waals surface area contributed by atoms with E-state index in [0.717, 1.165) is 11.1 Å². The van der Waals surface area contributed by atoms with E-state index < -0.39 is 0 Å². The Morgan fingerprint density at radius 2 is 1.89 bits per heavy atom. The van der Waals surface area contributed by atoms with E-state index >= 15 is 0 Å². The third-order valence-corrected chi connectivity index (χ3v) is 3.31. The molecule has 0 bridgehead atoms. The van der Waals surface area contributed by atoms with Crippen molar-refractivity contribution in [3.05, 3.63) is 69.2 Å². The third-order valence-electron chi connectivity index (χ3n) is 2.71. The predicted octanol–water partition coefficient (Wildman–Crippen LogP) is 4.15. The minimum absolute atomic E-state index is 0.635. The number of halogens is 2. The molecule has 0 aliphatic carbocycles. The molecule has 0 atom stereocenters. The van der Waals surface area contributed by atoms with E-state index in [-0.39, 0.29) is 0 Å². The molecule has 0 aromatic heterocycles. The molecule has 1 N–H and O–H groups in total. The van der Waals surface area contributed by atoms with Gasteiger partial charge in [0.15, 0.2) is 0 Å². The quantitative estimate of drug-likeness (QED) is 0.918. The van der Waals surface area contributed by atoms with Crippen LogP contribution in [0.2, 0.25) is 10.0 Å². The Labute approximate surface area is 122 Å². The number of rotatable bonds is 4. The van der Waals surface area contributed by atoms with E-state index in [2.05, 4.69) is 11.4 Å². The molecule has 4 heteroatoms. The van der Waals surface area contributed by atoms with Gasteiger partial charge in [-0.2, -0.15) is 5.26 Å². The van der Waals surface area contributed by atoms with Crippen LogP contribution in [-0.2, 0) is 13.1 Å². The molecular formula is C15H12Cl2N2. The maximum atomic E-state index is 8.83. The maximum Gasteiger partial charge on any atom is 0.0991 e. The zero-order valence-electron chi connectivity index (χ0n) is 10.2. The minimum Gasteiger partial charge on any atom is -0.309 e. The lowest BCUT2D eigenvalue weighted by Crippen LogP contribution is -2.13. The summed E-state index contributed by atoms with van der Waals surface area (Å²) in [5.41, 5.74) is 2.70. The second kappa shape index (κ2) is 6.58. The lowest BCUT2D eigenvalue weighted by Gasteiger charge is -2.07. The summed E-state index contributed by atoms with van der Waals surface area (Å²) in [5, 5.41) is 13.5. The zero-order valence-corrected chi connectivity index (χ0v) is 11.7. The van der Waals surface area contributed by atoms with E-state index in [4.69, 9.17) is 28.5 Å². The third kappa shape index (κ3) is 3.97. The Morgan fingerprint density at radius 3 is 2.68 bits per heavy atom. The van der Waals surface area contributed by atoms with Gasteiger partial charge in [-0.25, -0.2) is 0 Å². The maximum absolute atomic E-state index is 8.83. The van der Waals surface area contributed by atoms with Gasteiger partial charge in [0, 0.05) is 23.1 Å². The van der Waals surface area contributed by atoms with Crippen LogP contribution in [0.3, 0.4) is 0 Å². The fraction of sp³-hybridized carbons (Fsp3) is 0.133. The highest BCUT2D eigenvalue weighted by Gasteiger charge is 2.01. The molecule has 0 radical (unpaired) electrons. The van der Waals surface area contributed by atoms with Gasteiger partial charge in [-0.3, -0.25) is 0 Å². The SMILES string of the molecule is N#Cc1cccc(CNCc2cc(Cl)ccc2Cl)c1. The minimum atomic E-state index is 0.635. The molecule has 19 heavy (non-hydrogen) atoms. The van der Waals surface area contributed by atoms with Gasteiger partial charge in [-0.05, 0) is 41.5 Å². The van der Waals surface area contributed by atoms with E-state index in [1.807, 2.05) is 24.3 Å². The molecule has 2 rings (SSSR count). The first-order valence-corrected chi connectivity index (χ1v) is 6.58. The zero-order chi connectivity index (χ0) is 13.7. The Kier molecular flexibility index (Phi) is 4.81. The highest BCUT2D eigenvalue weighted by Crippen LogP contribution is 2.20. The number of nitrogens with zero attached hydrogens (tertiary/aromatic N) is 1. The molecule has 0 aliphatic heterocycles. The summed E-state index contributed by atoms with van der Waals surface area (Å²) in [4.78, 5) is 0. The summed E-state index contributed by atoms with van der Waals surface area (Å²) in [6.07, 6.45) is 0. The van der Waals surface area contributed by atoms with Crippen LogP contribution >= 0.6 is 23.2 Å². The Bertz CT molecular complexity index is 618. The summed E-state index contributed by atoms with van der Waals surface area (Å²) in [6.45, 7) is 1.31. The first-order chi connectivity index (χ1) is 9.19. The summed E-state index contributed by atoms with van der Waals surface area (Å²) >= 11 is 12.0. The lowest BCUT2D eigenvalue weighted by atomic mass is 10.1. The molecular weight excluding hydrogens is 279 g/mol. The van der Waals surface area contributed by atoms with E-state index in [9.17, 15) is 0 Å². The van der Waals surface area contributed by atoms with Crippen LogP contribution in [0.4, 0.5) is 0 Å². The van der Waals surface area contributed by atoms with Crippen LogP contribution < -0.4 is 5.32 Å². The molecule has 0 saturated heterocycles. The van der Waals surface area contributed by atoms with Crippen molar-refractivity contribution in [1.29, 1.82) is 5.26 Å². The highest BCUT2D eigenvalue weighted by molar-refractivity contribution is 6.33. The van der Waals surface area contributed by atoms with Gasteiger partial charge in [0.1, 0.15) is 0 Å². The van der Waals surface area contributed by atoms with Gasteiger partial charge >= 0.3 is 0 Å². The average molecular weight is 291 g/mol. The Hall–Kier alpha value is -1.53. The number of benzene rings is 2. The average Bonchev–Trinajstić information content (AvgIpc) is 2.43. The first kappa shape index (κ1) is 13.9. The number of nitriles is 1. The first-order valence-electron chi connectivity index (χ1n) is 5.83. The van der Waals surface area contributed by atoms with Crippen molar-refractivity contribution in [3.63, 3.8) is 0 Å². The van der Waals surface area contributed by atoms with Crippen LogP contribution in [0.25, 0.3) is 0 Å². The molecule has 2 aromatic rings. The molecule has 0 heterocycles. The van der Waals surface area contributed by atoms with E-state index in [0.29, 0.717) is 28.7 Å². The topological polar surface area (TPSA) is 35.8 Å². The van der Waals surface area contributed by atoms with Gasteiger partial charge in [-0.1, -0.05) is 35.3 Å². The van der Waals surface area contributed by atoms with Crippen LogP contribution in [0, 0.1) is 11.3 Å². The van der Waals surface area contributed by atoms with Crippen LogP contribution in [0.15, 0.2) is 42.5 Å². The highest BCUT2D eigenvalue weighted by atomic mass is 35.5. The fourth-order valence-electron chi connectivity index (χ4n) is 1.77. The summed E-state index contributed by atoms with van der Waals surface area (Å²) in [7, 11) is 0. The second-order valence-electron chi connectivity index (χ2n) is 4.15. The van der Waals surface area contributed by atoms with E-state index in [1.54, 1.807) is 18.2 Å². The van der Waals surface area contributed by atoms with Gasteiger partial charge < -0.3 is 5.32 Å².